The lowest BCUT2D eigenvalue weighted by molar-refractivity contribution is 0.101. The molecule has 0 radical (unpaired) electrons. The van der Waals surface area contributed by atoms with Crippen molar-refractivity contribution in [3.8, 4) is 0 Å². The minimum atomic E-state index is -0.375. The maximum Gasteiger partial charge on any atom is 0.159 e. The molecule has 2 rings (SSSR count). The van der Waals surface area contributed by atoms with Gasteiger partial charge in [0.2, 0.25) is 0 Å². The number of ketones is 1. The average Bonchev–Trinajstić information content (AvgIpc) is 2.33. The Bertz CT molecular complexity index is 542. The number of rotatable bonds is 3. The molecule has 1 aromatic carbocycles. The maximum absolute atomic E-state index is 13.7. The van der Waals surface area contributed by atoms with Gasteiger partial charge < -0.3 is 0 Å². The highest BCUT2D eigenvalue weighted by molar-refractivity contribution is 7.99. The number of hydrogen-bond acceptors (Lipinski definition) is 3. The van der Waals surface area contributed by atoms with Crippen molar-refractivity contribution in [2.45, 2.75) is 16.7 Å². The van der Waals surface area contributed by atoms with E-state index in [2.05, 4.69) is 4.98 Å². The summed E-state index contributed by atoms with van der Waals surface area (Å²) in [6.45, 7) is 1.42. The van der Waals surface area contributed by atoms with Gasteiger partial charge in [0.25, 0.3) is 0 Å². The number of carbonyl (C=O) groups excluding carboxylic acids is 1. The third-order valence-electron chi connectivity index (χ3n) is 2.22. The third kappa shape index (κ3) is 2.91. The highest BCUT2D eigenvalue weighted by Gasteiger charge is 2.07. The molecular formula is C13H10FNOS. The molecule has 0 atom stereocenters. The van der Waals surface area contributed by atoms with Crippen molar-refractivity contribution < 1.29 is 9.18 Å². The summed E-state index contributed by atoms with van der Waals surface area (Å²) in [4.78, 5) is 16.4. The first-order valence-corrected chi connectivity index (χ1v) is 5.87. The molecule has 0 aliphatic heterocycles. The monoisotopic (exact) mass is 247 g/mol. The molecule has 0 amide bonds. The van der Waals surface area contributed by atoms with Crippen LogP contribution in [-0.2, 0) is 0 Å². The smallest absolute Gasteiger partial charge is 0.159 e. The van der Waals surface area contributed by atoms with Crippen LogP contribution < -0.4 is 0 Å². The molecule has 2 aromatic rings. The number of carbonyl (C=O) groups is 1. The summed E-state index contributed by atoms with van der Waals surface area (Å²) in [5.41, 5.74) is 0.390. The zero-order valence-corrected chi connectivity index (χ0v) is 10.00. The molecule has 86 valence electrons. The number of benzene rings is 1. The number of hydrogen-bond donors (Lipinski definition) is 0. The molecule has 17 heavy (non-hydrogen) atoms. The Morgan fingerprint density at radius 2 is 1.94 bits per heavy atom. The standard InChI is InChI=1S/C13H10FNOS/c1-9(16)10-2-3-13(12(14)8-10)17-11-4-6-15-7-5-11/h2-8H,1H3. The average molecular weight is 247 g/mol. The van der Waals surface area contributed by atoms with Crippen molar-refractivity contribution in [3.05, 3.63) is 54.1 Å². The molecule has 0 N–H and O–H groups in total. The van der Waals surface area contributed by atoms with Gasteiger partial charge in [-0.05, 0) is 31.2 Å². The summed E-state index contributed by atoms with van der Waals surface area (Å²) in [7, 11) is 0. The summed E-state index contributed by atoms with van der Waals surface area (Å²) in [5, 5.41) is 0. The van der Waals surface area contributed by atoms with Crippen molar-refractivity contribution >= 4 is 17.5 Å². The van der Waals surface area contributed by atoms with Gasteiger partial charge in [0, 0.05) is 27.7 Å². The molecule has 1 aromatic heterocycles. The van der Waals surface area contributed by atoms with Crippen molar-refractivity contribution in [1.82, 2.24) is 4.98 Å². The Hall–Kier alpha value is -1.68. The molecule has 0 unspecified atom stereocenters. The van der Waals surface area contributed by atoms with Gasteiger partial charge in [-0.25, -0.2) is 4.39 Å². The maximum atomic E-state index is 13.7. The predicted molar refractivity (Wildman–Crippen MR) is 64.8 cm³/mol. The molecular weight excluding hydrogens is 237 g/mol. The number of Topliss-reactive ketones (excluding diaryl/α,β-unsaturated/α-hetero) is 1. The van der Waals surface area contributed by atoms with Crippen LogP contribution in [0.5, 0.6) is 0 Å². The quantitative estimate of drug-likeness (QED) is 0.776. The van der Waals surface area contributed by atoms with E-state index in [4.69, 9.17) is 0 Å². The predicted octanol–water partition coefficient (Wildman–Crippen LogP) is 3.57. The van der Waals surface area contributed by atoms with E-state index in [9.17, 15) is 9.18 Å². The second kappa shape index (κ2) is 5.10. The molecule has 0 bridgehead atoms. The first-order chi connectivity index (χ1) is 8.16. The van der Waals surface area contributed by atoms with Crippen molar-refractivity contribution in [2.24, 2.45) is 0 Å². The van der Waals surface area contributed by atoms with Crippen LogP contribution in [0.4, 0.5) is 4.39 Å². The molecule has 0 aliphatic carbocycles. The van der Waals surface area contributed by atoms with E-state index in [0.29, 0.717) is 10.5 Å². The number of halogens is 1. The second-order valence-electron chi connectivity index (χ2n) is 3.49. The zero-order valence-electron chi connectivity index (χ0n) is 9.18. The van der Waals surface area contributed by atoms with Gasteiger partial charge >= 0.3 is 0 Å². The largest absolute Gasteiger partial charge is 0.295 e. The lowest BCUT2D eigenvalue weighted by Gasteiger charge is -2.04. The molecule has 4 heteroatoms. The van der Waals surface area contributed by atoms with E-state index < -0.39 is 0 Å². The van der Waals surface area contributed by atoms with Crippen LogP contribution in [0, 0.1) is 5.82 Å². The molecule has 0 aliphatic rings. The van der Waals surface area contributed by atoms with Crippen molar-refractivity contribution in [2.75, 3.05) is 0 Å². The van der Waals surface area contributed by atoms with Crippen LogP contribution in [0.15, 0.2) is 52.5 Å². The van der Waals surface area contributed by atoms with E-state index >= 15 is 0 Å². The lowest BCUT2D eigenvalue weighted by atomic mass is 10.1. The summed E-state index contributed by atoms with van der Waals surface area (Å²) < 4.78 is 13.7. The Kier molecular flexibility index (Phi) is 3.54. The van der Waals surface area contributed by atoms with Gasteiger partial charge in [-0.3, -0.25) is 9.78 Å². The minimum Gasteiger partial charge on any atom is -0.295 e. The molecule has 0 fully saturated rings. The molecule has 0 saturated heterocycles. The van der Waals surface area contributed by atoms with Crippen LogP contribution >= 0.6 is 11.8 Å². The summed E-state index contributed by atoms with van der Waals surface area (Å²) in [6.07, 6.45) is 3.31. The fraction of sp³-hybridized carbons (Fsp3) is 0.0769. The Labute approximate surface area is 103 Å². The van der Waals surface area contributed by atoms with Crippen molar-refractivity contribution in [3.63, 3.8) is 0 Å². The van der Waals surface area contributed by atoms with Gasteiger partial charge in [0.1, 0.15) is 5.82 Å². The summed E-state index contributed by atoms with van der Waals surface area (Å²) in [5.74, 6) is -0.510. The topological polar surface area (TPSA) is 30.0 Å². The van der Waals surface area contributed by atoms with Crippen LogP contribution in [0.3, 0.4) is 0 Å². The van der Waals surface area contributed by atoms with E-state index in [1.807, 2.05) is 12.1 Å². The van der Waals surface area contributed by atoms with Crippen LogP contribution in [0.2, 0.25) is 0 Å². The normalized spacial score (nSPS) is 10.2. The summed E-state index contributed by atoms with van der Waals surface area (Å²) >= 11 is 1.31. The van der Waals surface area contributed by atoms with E-state index in [-0.39, 0.29) is 11.6 Å². The zero-order chi connectivity index (χ0) is 12.3. The highest BCUT2D eigenvalue weighted by atomic mass is 32.2. The lowest BCUT2D eigenvalue weighted by Crippen LogP contribution is -1.93. The SMILES string of the molecule is CC(=O)c1ccc(Sc2ccncc2)c(F)c1. The Morgan fingerprint density at radius 3 is 2.53 bits per heavy atom. The molecule has 1 heterocycles. The minimum absolute atomic E-state index is 0.135. The number of nitrogens with zero attached hydrogens (tertiary/aromatic N) is 1. The van der Waals surface area contributed by atoms with Gasteiger partial charge in [-0.15, -0.1) is 0 Å². The van der Waals surface area contributed by atoms with E-state index in [1.165, 1.54) is 24.8 Å². The van der Waals surface area contributed by atoms with E-state index in [1.54, 1.807) is 24.5 Å². The number of pyridine rings is 1. The molecule has 0 saturated carbocycles. The van der Waals surface area contributed by atoms with Crippen LogP contribution in [0.1, 0.15) is 17.3 Å². The second-order valence-corrected chi connectivity index (χ2v) is 4.60. The molecule has 0 spiro atoms. The number of aromatic nitrogens is 1. The third-order valence-corrected chi connectivity index (χ3v) is 3.27. The first-order valence-electron chi connectivity index (χ1n) is 5.05. The first kappa shape index (κ1) is 11.8. The highest BCUT2D eigenvalue weighted by Crippen LogP contribution is 2.29. The van der Waals surface area contributed by atoms with E-state index in [0.717, 1.165) is 4.90 Å². The van der Waals surface area contributed by atoms with Crippen LogP contribution in [0.25, 0.3) is 0 Å². The molecule has 2 nitrogen and oxygen atoms in total. The Morgan fingerprint density at radius 1 is 1.24 bits per heavy atom. The fourth-order valence-corrected chi connectivity index (χ4v) is 2.14. The van der Waals surface area contributed by atoms with Gasteiger partial charge in [-0.2, -0.15) is 0 Å². The van der Waals surface area contributed by atoms with Gasteiger partial charge in [0.15, 0.2) is 5.78 Å². The summed E-state index contributed by atoms with van der Waals surface area (Å²) in [6, 6.07) is 8.14. The van der Waals surface area contributed by atoms with Crippen molar-refractivity contribution in [1.29, 1.82) is 0 Å². The van der Waals surface area contributed by atoms with Crippen LogP contribution in [-0.4, -0.2) is 10.8 Å². The fourth-order valence-electron chi connectivity index (χ4n) is 1.34. The Balaban J connectivity index is 2.26. The van der Waals surface area contributed by atoms with Gasteiger partial charge in [0.05, 0.1) is 0 Å². The van der Waals surface area contributed by atoms with Gasteiger partial charge in [-0.1, -0.05) is 17.8 Å².